The predicted molar refractivity (Wildman–Crippen MR) is 64.0 cm³/mol. The summed E-state index contributed by atoms with van der Waals surface area (Å²) in [6.45, 7) is 7.08. The lowest BCUT2D eigenvalue weighted by atomic mass is 10.0. The van der Waals surface area contributed by atoms with E-state index < -0.39 is 0 Å². The van der Waals surface area contributed by atoms with Crippen LogP contribution in [0.4, 0.5) is 0 Å². The fraction of sp³-hybridized carbons (Fsp3) is 1.00. The number of aliphatic hydroxyl groups is 1. The van der Waals surface area contributed by atoms with Gasteiger partial charge in [0.1, 0.15) is 0 Å². The molecule has 0 aromatic heterocycles. The van der Waals surface area contributed by atoms with Gasteiger partial charge in [-0.25, -0.2) is 0 Å². The van der Waals surface area contributed by atoms with Crippen LogP contribution in [0.25, 0.3) is 0 Å². The topological polar surface area (TPSA) is 35.5 Å². The maximum Gasteiger partial charge on any atom is 0.0586 e. The first-order chi connectivity index (χ1) is 7.17. The predicted octanol–water partition coefficient (Wildman–Crippen LogP) is 1.08. The molecule has 15 heavy (non-hydrogen) atoms. The lowest BCUT2D eigenvalue weighted by Crippen LogP contribution is -2.43. The number of likely N-dealkylation sites (tertiary alicyclic amines) is 1. The summed E-state index contributed by atoms with van der Waals surface area (Å²) in [5, 5.41) is 12.6. The van der Waals surface area contributed by atoms with Gasteiger partial charge in [0, 0.05) is 18.6 Å². The average molecular weight is 214 g/mol. The third-order valence-electron chi connectivity index (χ3n) is 3.33. The standard InChI is InChI=1S/C12H26N2O/c1-10(2)7-11(13-3)8-14-6-4-5-12(14)9-15/h10-13,15H,4-9H2,1-3H3/t11-,12+/m0/s1. The fourth-order valence-corrected chi connectivity index (χ4v) is 2.48. The molecule has 2 atom stereocenters. The van der Waals surface area contributed by atoms with Gasteiger partial charge in [-0.2, -0.15) is 0 Å². The van der Waals surface area contributed by atoms with Crippen LogP contribution in [0.15, 0.2) is 0 Å². The van der Waals surface area contributed by atoms with Crippen LogP contribution in [-0.4, -0.2) is 48.8 Å². The summed E-state index contributed by atoms with van der Waals surface area (Å²) in [7, 11) is 2.04. The number of nitrogens with zero attached hydrogens (tertiary/aromatic N) is 1. The van der Waals surface area contributed by atoms with E-state index in [1.165, 1.54) is 12.8 Å². The molecule has 90 valence electrons. The monoisotopic (exact) mass is 214 g/mol. The maximum atomic E-state index is 9.24. The number of hydrogen-bond acceptors (Lipinski definition) is 3. The van der Waals surface area contributed by atoms with Crippen molar-refractivity contribution in [2.75, 3.05) is 26.7 Å². The third-order valence-corrected chi connectivity index (χ3v) is 3.33. The van der Waals surface area contributed by atoms with Crippen LogP contribution in [0.5, 0.6) is 0 Å². The minimum absolute atomic E-state index is 0.318. The Morgan fingerprint density at radius 2 is 2.20 bits per heavy atom. The number of likely N-dealkylation sites (N-methyl/N-ethyl adjacent to an activating group) is 1. The molecule has 0 unspecified atom stereocenters. The summed E-state index contributed by atoms with van der Waals surface area (Å²) in [6.07, 6.45) is 3.61. The van der Waals surface area contributed by atoms with Crippen LogP contribution in [0.2, 0.25) is 0 Å². The van der Waals surface area contributed by atoms with Crippen LogP contribution >= 0.6 is 0 Å². The van der Waals surface area contributed by atoms with E-state index in [2.05, 4.69) is 24.1 Å². The smallest absolute Gasteiger partial charge is 0.0586 e. The Hall–Kier alpha value is -0.120. The Balaban J connectivity index is 2.36. The van der Waals surface area contributed by atoms with E-state index >= 15 is 0 Å². The van der Waals surface area contributed by atoms with E-state index in [0.717, 1.165) is 25.4 Å². The minimum Gasteiger partial charge on any atom is -0.395 e. The summed E-state index contributed by atoms with van der Waals surface area (Å²) in [5.74, 6) is 0.734. The van der Waals surface area contributed by atoms with Crippen LogP contribution in [0.1, 0.15) is 33.1 Å². The normalized spacial score (nSPS) is 25.0. The molecule has 2 N–H and O–H groups in total. The van der Waals surface area contributed by atoms with E-state index in [4.69, 9.17) is 0 Å². The van der Waals surface area contributed by atoms with Gasteiger partial charge in [-0.15, -0.1) is 0 Å². The highest BCUT2D eigenvalue weighted by Crippen LogP contribution is 2.18. The number of aliphatic hydroxyl groups excluding tert-OH is 1. The zero-order valence-electron chi connectivity index (χ0n) is 10.4. The van der Waals surface area contributed by atoms with E-state index in [0.29, 0.717) is 18.7 Å². The van der Waals surface area contributed by atoms with Gasteiger partial charge in [-0.1, -0.05) is 13.8 Å². The molecule has 1 aliphatic rings. The molecule has 3 nitrogen and oxygen atoms in total. The molecule has 1 aliphatic heterocycles. The van der Waals surface area contributed by atoms with Crippen LogP contribution in [0.3, 0.4) is 0 Å². The Bertz CT molecular complexity index is 173. The first-order valence-corrected chi connectivity index (χ1v) is 6.19. The average Bonchev–Trinajstić information content (AvgIpc) is 2.63. The Kier molecular flexibility index (Phi) is 5.58. The molecule has 1 heterocycles. The van der Waals surface area contributed by atoms with Gasteiger partial charge >= 0.3 is 0 Å². The zero-order chi connectivity index (χ0) is 11.3. The second-order valence-corrected chi connectivity index (χ2v) is 5.09. The van der Waals surface area contributed by atoms with E-state index in [9.17, 15) is 5.11 Å². The van der Waals surface area contributed by atoms with Gasteiger partial charge < -0.3 is 10.4 Å². The third kappa shape index (κ3) is 4.09. The lowest BCUT2D eigenvalue weighted by molar-refractivity contribution is 0.145. The van der Waals surface area contributed by atoms with Gasteiger partial charge in [0.05, 0.1) is 6.61 Å². The Morgan fingerprint density at radius 3 is 2.73 bits per heavy atom. The SMILES string of the molecule is CN[C@@H](CC(C)C)CN1CCC[C@@H]1CO. The number of rotatable bonds is 6. The van der Waals surface area contributed by atoms with E-state index in [1.807, 2.05) is 7.05 Å². The highest BCUT2D eigenvalue weighted by atomic mass is 16.3. The van der Waals surface area contributed by atoms with Gasteiger partial charge in [0.25, 0.3) is 0 Å². The lowest BCUT2D eigenvalue weighted by Gasteiger charge is -2.28. The molecule has 0 saturated carbocycles. The first kappa shape index (κ1) is 12.9. The summed E-state index contributed by atoms with van der Waals surface area (Å²) < 4.78 is 0. The molecular weight excluding hydrogens is 188 g/mol. The molecule has 0 aromatic rings. The van der Waals surface area contributed by atoms with Crippen molar-refractivity contribution in [3.63, 3.8) is 0 Å². The summed E-state index contributed by atoms with van der Waals surface area (Å²) in [6, 6.07) is 0.977. The molecule has 1 rings (SSSR count). The van der Waals surface area contributed by atoms with Crippen LogP contribution in [0, 0.1) is 5.92 Å². The summed E-state index contributed by atoms with van der Waals surface area (Å²) in [4.78, 5) is 2.43. The second kappa shape index (κ2) is 6.46. The van der Waals surface area contributed by atoms with Crippen molar-refractivity contribution >= 4 is 0 Å². The summed E-state index contributed by atoms with van der Waals surface area (Å²) >= 11 is 0. The molecule has 0 bridgehead atoms. The quantitative estimate of drug-likeness (QED) is 0.694. The molecule has 1 fully saturated rings. The Morgan fingerprint density at radius 1 is 1.47 bits per heavy atom. The molecule has 0 radical (unpaired) electrons. The van der Waals surface area contributed by atoms with Crippen molar-refractivity contribution in [2.24, 2.45) is 5.92 Å². The molecule has 1 saturated heterocycles. The largest absolute Gasteiger partial charge is 0.395 e. The van der Waals surface area contributed by atoms with Gasteiger partial charge in [0.2, 0.25) is 0 Å². The van der Waals surface area contributed by atoms with Crippen molar-refractivity contribution in [3.05, 3.63) is 0 Å². The number of hydrogen-bond donors (Lipinski definition) is 2. The molecule has 0 spiro atoms. The zero-order valence-corrected chi connectivity index (χ0v) is 10.4. The molecule has 0 aliphatic carbocycles. The highest BCUT2D eigenvalue weighted by Gasteiger charge is 2.25. The second-order valence-electron chi connectivity index (χ2n) is 5.09. The highest BCUT2D eigenvalue weighted by molar-refractivity contribution is 4.82. The van der Waals surface area contributed by atoms with Crippen molar-refractivity contribution < 1.29 is 5.11 Å². The molecule has 3 heteroatoms. The minimum atomic E-state index is 0.318. The van der Waals surface area contributed by atoms with Crippen molar-refractivity contribution in [2.45, 2.75) is 45.2 Å². The molecule has 0 aromatic carbocycles. The van der Waals surface area contributed by atoms with E-state index in [-0.39, 0.29) is 0 Å². The maximum absolute atomic E-state index is 9.24. The fourth-order valence-electron chi connectivity index (χ4n) is 2.48. The van der Waals surface area contributed by atoms with Gasteiger partial charge in [-0.3, -0.25) is 4.90 Å². The van der Waals surface area contributed by atoms with E-state index in [1.54, 1.807) is 0 Å². The van der Waals surface area contributed by atoms with Crippen molar-refractivity contribution in [1.82, 2.24) is 10.2 Å². The first-order valence-electron chi connectivity index (χ1n) is 6.19. The Labute approximate surface area is 93.9 Å². The van der Waals surface area contributed by atoms with Crippen molar-refractivity contribution in [1.29, 1.82) is 0 Å². The van der Waals surface area contributed by atoms with Crippen LogP contribution < -0.4 is 5.32 Å². The van der Waals surface area contributed by atoms with Gasteiger partial charge in [-0.05, 0) is 38.8 Å². The van der Waals surface area contributed by atoms with Gasteiger partial charge in [0.15, 0.2) is 0 Å². The molecular formula is C12H26N2O. The number of nitrogens with one attached hydrogen (secondary N) is 1. The van der Waals surface area contributed by atoms with Crippen molar-refractivity contribution in [3.8, 4) is 0 Å². The summed E-state index contributed by atoms with van der Waals surface area (Å²) in [5.41, 5.74) is 0. The van der Waals surface area contributed by atoms with Crippen LogP contribution in [-0.2, 0) is 0 Å². The molecule has 0 amide bonds.